The first kappa shape index (κ1) is 16.7. The van der Waals surface area contributed by atoms with Crippen LogP contribution in [0.25, 0.3) is 0 Å². The van der Waals surface area contributed by atoms with Gasteiger partial charge in [0, 0.05) is 12.7 Å². The first-order valence-electron chi connectivity index (χ1n) is 6.88. The number of nitrogens with one attached hydrogen (secondary N) is 2. The summed E-state index contributed by atoms with van der Waals surface area (Å²) in [5.41, 5.74) is 0.870. The highest BCUT2D eigenvalue weighted by molar-refractivity contribution is 7.12. The van der Waals surface area contributed by atoms with Crippen LogP contribution in [0.1, 0.15) is 27.0 Å². The molecule has 0 aliphatic carbocycles. The summed E-state index contributed by atoms with van der Waals surface area (Å²) in [7, 11) is 1.47. The maximum absolute atomic E-state index is 11.9. The summed E-state index contributed by atoms with van der Waals surface area (Å²) in [6, 6.07) is 9.80. The third-order valence-electron chi connectivity index (χ3n) is 3.02. The van der Waals surface area contributed by atoms with Gasteiger partial charge in [-0.2, -0.15) is 0 Å². The minimum absolute atomic E-state index is 0.205. The highest BCUT2D eigenvalue weighted by Crippen LogP contribution is 2.15. The van der Waals surface area contributed by atoms with Crippen LogP contribution in [0.4, 0.5) is 5.69 Å². The summed E-state index contributed by atoms with van der Waals surface area (Å²) in [5.74, 6) is -1.18. The number of anilines is 1. The molecule has 0 spiro atoms. The van der Waals surface area contributed by atoms with Gasteiger partial charge in [0.15, 0.2) is 6.10 Å². The van der Waals surface area contributed by atoms with Crippen LogP contribution in [-0.4, -0.2) is 30.9 Å². The zero-order valence-corrected chi connectivity index (χ0v) is 13.5. The minimum Gasteiger partial charge on any atom is -0.449 e. The van der Waals surface area contributed by atoms with Crippen molar-refractivity contribution < 1.29 is 19.1 Å². The summed E-state index contributed by atoms with van der Waals surface area (Å²) < 4.78 is 5.03. The molecule has 0 aliphatic heterocycles. The van der Waals surface area contributed by atoms with Crippen LogP contribution in [0.15, 0.2) is 41.8 Å². The van der Waals surface area contributed by atoms with E-state index in [0.717, 1.165) is 0 Å². The molecular weight excluding hydrogens is 316 g/mol. The van der Waals surface area contributed by atoms with E-state index in [2.05, 4.69) is 10.6 Å². The molecule has 0 fully saturated rings. The Morgan fingerprint density at radius 1 is 1.13 bits per heavy atom. The lowest BCUT2D eigenvalue weighted by molar-refractivity contribution is -0.128. The van der Waals surface area contributed by atoms with Crippen LogP contribution in [0.2, 0.25) is 0 Å². The van der Waals surface area contributed by atoms with Crippen molar-refractivity contribution in [2.75, 3.05) is 12.4 Å². The van der Waals surface area contributed by atoms with Gasteiger partial charge in [-0.1, -0.05) is 6.07 Å². The molecule has 2 aromatic rings. The standard InChI is InChI=1S/C16H16N2O4S/c1-10(14(19)17-2)22-16(21)11-5-7-12(8-6-11)18-15(20)13-4-3-9-23-13/h3-10H,1-2H3,(H,17,19)(H,18,20). The lowest BCUT2D eigenvalue weighted by Crippen LogP contribution is -2.33. The van der Waals surface area contributed by atoms with Crippen LogP contribution in [0.5, 0.6) is 0 Å². The summed E-state index contributed by atoms with van der Waals surface area (Å²) in [6.45, 7) is 1.49. The van der Waals surface area contributed by atoms with E-state index >= 15 is 0 Å². The summed E-state index contributed by atoms with van der Waals surface area (Å²) in [6.07, 6.45) is -0.870. The number of esters is 1. The fourth-order valence-electron chi connectivity index (χ4n) is 1.78. The molecule has 1 aromatic heterocycles. The molecule has 2 amide bonds. The Morgan fingerprint density at radius 3 is 2.39 bits per heavy atom. The van der Waals surface area contributed by atoms with E-state index in [0.29, 0.717) is 16.1 Å². The van der Waals surface area contributed by atoms with Gasteiger partial charge in [0.2, 0.25) is 0 Å². The van der Waals surface area contributed by atoms with Crippen molar-refractivity contribution in [1.82, 2.24) is 5.32 Å². The van der Waals surface area contributed by atoms with Crippen molar-refractivity contribution in [3.8, 4) is 0 Å². The molecule has 1 heterocycles. The molecule has 0 saturated heterocycles. The third-order valence-corrected chi connectivity index (χ3v) is 3.89. The zero-order chi connectivity index (χ0) is 16.8. The first-order chi connectivity index (χ1) is 11.0. The fourth-order valence-corrected chi connectivity index (χ4v) is 2.39. The van der Waals surface area contributed by atoms with Crippen molar-refractivity contribution in [2.24, 2.45) is 0 Å². The van der Waals surface area contributed by atoms with Crippen LogP contribution in [0.3, 0.4) is 0 Å². The Balaban J connectivity index is 1.97. The molecule has 1 aromatic carbocycles. The monoisotopic (exact) mass is 332 g/mol. The van der Waals surface area contributed by atoms with Gasteiger partial charge in [-0.25, -0.2) is 4.79 Å². The topological polar surface area (TPSA) is 84.5 Å². The third kappa shape index (κ3) is 4.40. The highest BCUT2D eigenvalue weighted by atomic mass is 32.1. The minimum atomic E-state index is -0.870. The Labute approximate surface area is 137 Å². The second-order valence-corrected chi connectivity index (χ2v) is 5.62. The number of hydrogen-bond acceptors (Lipinski definition) is 5. The molecule has 0 saturated carbocycles. The molecule has 23 heavy (non-hydrogen) atoms. The molecule has 7 heteroatoms. The van der Waals surface area contributed by atoms with Gasteiger partial charge >= 0.3 is 5.97 Å². The number of carbonyl (C=O) groups excluding carboxylic acids is 3. The Bertz CT molecular complexity index is 695. The number of benzene rings is 1. The lowest BCUT2D eigenvalue weighted by atomic mass is 10.2. The number of likely N-dealkylation sites (N-methyl/N-ethyl adjacent to an activating group) is 1. The molecule has 6 nitrogen and oxygen atoms in total. The number of carbonyl (C=O) groups is 3. The lowest BCUT2D eigenvalue weighted by Gasteiger charge is -2.11. The summed E-state index contributed by atoms with van der Waals surface area (Å²) in [5, 5.41) is 6.96. The van der Waals surface area contributed by atoms with E-state index < -0.39 is 12.1 Å². The van der Waals surface area contributed by atoms with Gasteiger partial charge in [-0.3, -0.25) is 9.59 Å². The number of thiophene rings is 1. The molecule has 1 atom stereocenters. The predicted molar refractivity (Wildman–Crippen MR) is 87.7 cm³/mol. The number of rotatable bonds is 5. The Hall–Kier alpha value is -2.67. The maximum atomic E-state index is 11.9. The van der Waals surface area contributed by atoms with Gasteiger partial charge in [0.1, 0.15) is 0 Å². The van der Waals surface area contributed by atoms with E-state index in [-0.39, 0.29) is 11.8 Å². The SMILES string of the molecule is CNC(=O)C(C)OC(=O)c1ccc(NC(=O)c2cccs2)cc1. The van der Waals surface area contributed by atoms with Crippen LogP contribution < -0.4 is 10.6 Å². The van der Waals surface area contributed by atoms with Gasteiger partial charge in [0.25, 0.3) is 11.8 Å². The van der Waals surface area contributed by atoms with Crippen LogP contribution >= 0.6 is 11.3 Å². The zero-order valence-electron chi connectivity index (χ0n) is 12.7. The molecule has 2 N–H and O–H groups in total. The summed E-state index contributed by atoms with van der Waals surface area (Å²) >= 11 is 1.35. The van der Waals surface area contributed by atoms with Gasteiger partial charge in [-0.15, -0.1) is 11.3 Å². The van der Waals surface area contributed by atoms with Crippen LogP contribution in [0, 0.1) is 0 Å². The molecular formula is C16H16N2O4S. The van der Waals surface area contributed by atoms with Crippen molar-refractivity contribution in [3.63, 3.8) is 0 Å². The van der Waals surface area contributed by atoms with E-state index in [9.17, 15) is 14.4 Å². The second-order valence-electron chi connectivity index (χ2n) is 4.67. The molecule has 1 unspecified atom stereocenters. The van der Waals surface area contributed by atoms with Crippen molar-refractivity contribution in [1.29, 1.82) is 0 Å². The molecule has 0 aliphatic rings. The van der Waals surface area contributed by atoms with Crippen molar-refractivity contribution in [3.05, 3.63) is 52.2 Å². The molecule has 2 rings (SSSR count). The smallest absolute Gasteiger partial charge is 0.338 e. The number of hydrogen-bond donors (Lipinski definition) is 2. The Kier molecular flexibility index (Phi) is 5.48. The second kappa shape index (κ2) is 7.55. The van der Waals surface area contributed by atoms with E-state index in [1.54, 1.807) is 24.3 Å². The molecule has 120 valence electrons. The van der Waals surface area contributed by atoms with Gasteiger partial charge in [0.05, 0.1) is 10.4 Å². The number of amides is 2. The first-order valence-corrected chi connectivity index (χ1v) is 7.76. The predicted octanol–water partition coefficient (Wildman–Crippen LogP) is 2.29. The quantitative estimate of drug-likeness (QED) is 0.823. The largest absolute Gasteiger partial charge is 0.449 e. The Morgan fingerprint density at radius 2 is 1.83 bits per heavy atom. The fraction of sp³-hybridized carbons (Fsp3) is 0.188. The summed E-state index contributed by atoms with van der Waals surface area (Å²) in [4.78, 5) is 35.8. The van der Waals surface area contributed by atoms with E-state index in [4.69, 9.17) is 4.74 Å². The van der Waals surface area contributed by atoms with Gasteiger partial charge < -0.3 is 15.4 Å². The average molecular weight is 332 g/mol. The van der Waals surface area contributed by atoms with Crippen molar-refractivity contribution >= 4 is 34.8 Å². The van der Waals surface area contributed by atoms with Crippen LogP contribution in [-0.2, 0) is 9.53 Å². The number of ether oxygens (including phenoxy) is 1. The normalized spacial score (nSPS) is 11.4. The molecule has 0 bridgehead atoms. The average Bonchev–Trinajstić information content (AvgIpc) is 3.09. The maximum Gasteiger partial charge on any atom is 0.338 e. The highest BCUT2D eigenvalue weighted by Gasteiger charge is 2.17. The molecule has 0 radical (unpaired) electrons. The van der Waals surface area contributed by atoms with Crippen molar-refractivity contribution in [2.45, 2.75) is 13.0 Å². The van der Waals surface area contributed by atoms with E-state index in [1.165, 1.54) is 37.4 Å². The van der Waals surface area contributed by atoms with E-state index in [1.807, 2.05) is 5.38 Å². The van der Waals surface area contributed by atoms with Gasteiger partial charge in [-0.05, 0) is 42.6 Å².